The van der Waals surface area contributed by atoms with Crippen LogP contribution in [0.3, 0.4) is 0 Å². The summed E-state index contributed by atoms with van der Waals surface area (Å²) in [5, 5.41) is 4.01. The van der Waals surface area contributed by atoms with Crippen molar-refractivity contribution in [2.75, 3.05) is 34.5 Å². The van der Waals surface area contributed by atoms with Crippen molar-refractivity contribution in [2.45, 2.75) is 45.3 Å². The van der Waals surface area contributed by atoms with E-state index in [1.807, 2.05) is 39.1 Å². The van der Waals surface area contributed by atoms with E-state index < -0.39 is 16.9 Å². The van der Waals surface area contributed by atoms with Crippen molar-refractivity contribution in [3.8, 4) is 0 Å². The van der Waals surface area contributed by atoms with E-state index in [9.17, 15) is 13.8 Å². The quantitative estimate of drug-likeness (QED) is 0.298. The van der Waals surface area contributed by atoms with Gasteiger partial charge in [0.25, 0.3) is 11.5 Å². The second-order valence-corrected chi connectivity index (χ2v) is 12.8. The molecule has 6 rings (SSSR count). The molecule has 43 heavy (non-hydrogen) atoms. The van der Waals surface area contributed by atoms with E-state index in [1.165, 1.54) is 6.26 Å². The van der Waals surface area contributed by atoms with Crippen LogP contribution in [0.15, 0.2) is 47.4 Å². The van der Waals surface area contributed by atoms with Crippen LogP contribution >= 0.6 is 11.6 Å². The number of piperazine rings is 1. The van der Waals surface area contributed by atoms with Gasteiger partial charge >= 0.3 is 0 Å². The number of aromatic nitrogens is 4. The second-order valence-electron chi connectivity index (χ2n) is 11.3. The molecule has 0 spiro atoms. The number of halogens is 1. The third kappa shape index (κ3) is 5.45. The van der Waals surface area contributed by atoms with E-state index in [2.05, 4.69) is 41.9 Å². The van der Waals surface area contributed by atoms with E-state index in [-0.39, 0.29) is 34.5 Å². The van der Waals surface area contributed by atoms with Crippen LogP contribution in [0.25, 0.3) is 10.9 Å². The van der Waals surface area contributed by atoms with Gasteiger partial charge in [0.15, 0.2) is 5.69 Å². The van der Waals surface area contributed by atoms with Crippen LogP contribution in [0.5, 0.6) is 0 Å². The average molecular weight is 621 g/mol. The molecule has 1 aromatic carbocycles. The molecule has 4 aromatic rings. The average Bonchev–Trinajstić information content (AvgIpc) is 3.57. The first-order valence-corrected chi connectivity index (χ1v) is 16.0. The highest BCUT2D eigenvalue weighted by atomic mass is 35.5. The number of amides is 1. The highest BCUT2D eigenvalue weighted by molar-refractivity contribution is 7.82. The first-order valence-electron chi connectivity index (χ1n) is 14.0. The summed E-state index contributed by atoms with van der Waals surface area (Å²) in [4.78, 5) is 45.0. The fourth-order valence-electron chi connectivity index (χ4n) is 6.17. The van der Waals surface area contributed by atoms with Crippen LogP contribution in [-0.2, 0) is 18.0 Å². The molecule has 1 amide bonds. The van der Waals surface area contributed by atoms with Crippen LogP contribution in [0.4, 0.5) is 17.5 Å². The molecular weight excluding hydrogens is 588 g/mol. The number of carbonyl (C=O) groups excluding carboxylic acids is 1. The number of aryl methyl sites for hydroxylation is 2. The molecule has 3 aromatic heterocycles. The summed E-state index contributed by atoms with van der Waals surface area (Å²) in [5.74, 6) is 1.00. The lowest BCUT2D eigenvalue weighted by atomic mass is 10.0. The lowest BCUT2D eigenvalue weighted by Gasteiger charge is -2.36. The summed E-state index contributed by atoms with van der Waals surface area (Å²) >= 11 is 6.09. The molecule has 4 atom stereocenters. The maximum atomic E-state index is 13.7. The molecule has 13 heteroatoms. The van der Waals surface area contributed by atoms with Crippen molar-refractivity contribution >= 4 is 56.9 Å². The topological polar surface area (TPSA) is 125 Å². The summed E-state index contributed by atoms with van der Waals surface area (Å²) in [5.41, 5.74) is 3.78. The molecule has 2 aliphatic heterocycles. The highest BCUT2D eigenvalue weighted by Gasteiger charge is 2.45. The molecule has 4 unspecified atom stereocenters. The van der Waals surface area contributed by atoms with Gasteiger partial charge in [0.1, 0.15) is 22.0 Å². The summed E-state index contributed by atoms with van der Waals surface area (Å²) in [6.45, 7) is 7.46. The number of hydrogen-bond donors (Lipinski definition) is 2. The van der Waals surface area contributed by atoms with Gasteiger partial charge in [-0.15, -0.1) is 0 Å². The first-order chi connectivity index (χ1) is 20.5. The number of pyridine rings is 2. The normalized spacial score (nSPS) is 19.1. The SMILES string of the molecule is Cc1ccc(N2CC3CC2CN3c2nc3c(C(C)Nc4ccc(Cl)nc4C(=O)NS(C)=O)cc(C)cc3c(=O)n2C)nc1. The lowest BCUT2D eigenvalue weighted by Crippen LogP contribution is -2.48. The van der Waals surface area contributed by atoms with E-state index in [0.29, 0.717) is 22.5 Å². The predicted octanol–water partition coefficient (Wildman–Crippen LogP) is 3.66. The van der Waals surface area contributed by atoms with E-state index in [4.69, 9.17) is 16.6 Å². The number of benzene rings is 1. The lowest BCUT2D eigenvalue weighted by molar-refractivity contribution is 0.0979. The molecule has 0 saturated carbocycles. The molecule has 2 saturated heterocycles. The van der Waals surface area contributed by atoms with Crippen LogP contribution in [0.2, 0.25) is 5.15 Å². The van der Waals surface area contributed by atoms with E-state index >= 15 is 0 Å². The Balaban J connectivity index is 1.35. The smallest absolute Gasteiger partial charge is 0.283 e. The Labute approximate surface area is 256 Å². The Morgan fingerprint density at radius 1 is 1.07 bits per heavy atom. The second kappa shape index (κ2) is 11.2. The van der Waals surface area contributed by atoms with Gasteiger partial charge in [0, 0.05) is 38.2 Å². The van der Waals surface area contributed by atoms with E-state index in [0.717, 1.165) is 42.0 Å². The van der Waals surface area contributed by atoms with Crippen molar-refractivity contribution in [3.63, 3.8) is 0 Å². The monoisotopic (exact) mass is 620 g/mol. The minimum Gasteiger partial charge on any atom is -0.377 e. The molecule has 2 fully saturated rings. The Kier molecular flexibility index (Phi) is 7.59. The number of rotatable bonds is 7. The zero-order valence-corrected chi connectivity index (χ0v) is 26.2. The van der Waals surface area contributed by atoms with Crippen molar-refractivity contribution in [1.82, 2.24) is 24.2 Å². The van der Waals surface area contributed by atoms with Crippen molar-refractivity contribution in [3.05, 3.63) is 80.5 Å². The number of hydrogen-bond acceptors (Lipinski definition) is 9. The van der Waals surface area contributed by atoms with Crippen LogP contribution in [0.1, 0.15) is 46.6 Å². The van der Waals surface area contributed by atoms with Gasteiger partial charge in [-0.2, -0.15) is 0 Å². The molecular formula is C30H33ClN8O3S. The van der Waals surface area contributed by atoms with Gasteiger partial charge < -0.3 is 15.1 Å². The molecule has 5 heterocycles. The third-order valence-electron chi connectivity index (χ3n) is 8.17. The molecule has 2 bridgehead atoms. The number of nitrogens with one attached hydrogen (secondary N) is 2. The van der Waals surface area contributed by atoms with E-state index in [1.54, 1.807) is 23.7 Å². The molecule has 0 radical (unpaired) electrons. The minimum absolute atomic E-state index is 0.0248. The van der Waals surface area contributed by atoms with Crippen LogP contribution < -0.4 is 25.4 Å². The zero-order valence-electron chi connectivity index (χ0n) is 24.6. The van der Waals surface area contributed by atoms with Crippen molar-refractivity contribution in [2.24, 2.45) is 7.05 Å². The summed E-state index contributed by atoms with van der Waals surface area (Å²) in [7, 11) is 0.205. The number of anilines is 3. The summed E-state index contributed by atoms with van der Waals surface area (Å²) in [6.07, 6.45) is 4.23. The Hall–Kier alpha value is -4.03. The molecule has 224 valence electrons. The van der Waals surface area contributed by atoms with Crippen molar-refractivity contribution < 1.29 is 9.00 Å². The molecule has 11 nitrogen and oxygen atoms in total. The van der Waals surface area contributed by atoms with Gasteiger partial charge in [0.05, 0.1) is 34.7 Å². The fourth-order valence-corrected chi connectivity index (χ4v) is 6.67. The number of fused-ring (bicyclic) bond motifs is 3. The predicted molar refractivity (Wildman–Crippen MR) is 170 cm³/mol. The first kappa shape index (κ1) is 29.1. The van der Waals surface area contributed by atoms with Crippen LogP contribution in [0, 0.1) is 13.8 Å². The minimum atomic E-state index is -1.57. The largest absolute Gasteiger partial charge is 0.377 e. The Bertz CT molecular complexity index is 1830. The molecule has 2 N–H and O–H groups in total. The number of nitrogens with zero attached hydrogens (tertiary/aromatic N) is 6. The Morgan fingerprint density at radius 3 is 2.49 bits per heavy atom. The highest BCUT2D eigenvalue weighted by Crippen LogP contribution is 2.37. The van der Waals surface area contributed by atoms with Crippen LogP contribution in [-0.4, -0.2) is 61.1 Å². The summed E-state index contributed by atoms with van der Waals surface area (Å²) < 4.78 is 15.7. The third-order valence-corrected chi connectivity index (χ3v) is 8.85. The zero-order chi connectivity index (χ0) is 30.6. The molecule has 2 aliphatic rings. The standard InChI is InChI=1S/C30H33ClN8O3S/c1-16-6-9-25(32-13-16)38-14-20-12-19(38)15-39(20)30-35-26-21(10-17(2)11-22(26)29(41)37(30)4)18(3)33-23-7-8-24(31)34-27(23)28(40)36-43(5)42/h6-11,13,18-20,33H,12,14-15H2,1-5H3,(H,36,40). The van der Waals surface area contributed by atoms with Gasteiger partial charge in [-0.25, -0.2) is 19.2 Å². The van der Waals surface area contributed by atoms with Gasteiger partial charge in [-0.05, 0) is 62.6 Å². The Morgan fingerprint density at radius 2 is 1.81 bits per heavy atom. The molecule has 0 aliphatic carbocycles. The maximum Gasteiger partial charge on any atom is 0.283 e. The van der Waals surface area contributed by atoms with Gasteiger partial charge in [-0.1, -0.05) is 23.7 Å². The maximum absolute atomic E-state index is 13.7. The van der Waals surface area contributed by atoms with Crippen molar-refractivity contribution in [1.29, 1.82) is 0 Å². The van der Waals surface area contributed by atoms with Gasteiger partial charge in [0.2, 0.25) is 5.95 Å². The number of carbonyl (C=O) groups is 1. The summed E-state index contributed by atoms with van der Waals surface area (Å²) in [6, 6.07) is 11.4. The van der Waals surface area contributed by atoms with Gasteiger partial charge in [-0.3, -0.25) is 18.9 Å². The fraction of sp³-hybridized carbons (Fsp3) is 0.367.